The van der Waals surface area contributed by atoms with Crippen LogP contribution in [-0.4, -0.2) is 11.9 Å². The van der Waals surface area contributed by atoms with Crippen molar-refractivity contribution in [1.82, 2.24) is 5.32 Å². The lowest BCUT2D eigenvalue weighted by Gasteiger charge is -2.02. The van der Waals surface area contributed by atoms with Gasteiger partial charge in [0.2, 0.25) is 5.91 Å². The third kappa shape index (κ3) is 3.70. The highest BCUT2D eigenvalue weighted by molar-refractivity contribution is 5.78. The molecule has 0 spiro atoms. The number of benzene rings is 1. The number of carbonyl (C=O) groups excluding carboxylic acids is 1. The molecule has 0 bridgehead atoms. The molecule has 2 rings (SSSR count). The van der Waals surface area contributed by atoms with Gasteiger partial charge in [-0.1, -0.05) is 24.3 Å². The number of halogens is 1. The van der Waals surface area contributed by atoms with Crippen molar-refractivity contribution in [2.75, 3.05) is 0 Å². The van der Waals surface area contributed by atoms with E-state index in [-0.39, 0.29) is 17.8 Å². The van der Waals surface area contributed by atoms with Crippen LogP contribution in [0.2, 0.25) is 0 Å². The van der Waals surface area contributed by atoms with Crippen LogP contribution >= 0.6 is 0 Å². The van der Waals surface area contributed by atoms with Gasteiger partial charge in [0, 0.05) is 12.5 Å². The van der Waals surface area contributed by atoms with Crippen LogP contribution in [0.1, 0.15) is 24.8 Å². The predicted molar refractivity (Wildman–Crippen MR) is 65.0 cm³/mol. The molecular weight excluding hydrogens is 217 g/mol. The van der Waals surface area contributed by atoms with Gasteiger partial charge in [0.1, 0.15) is 5.82 Å². The lowest BCUT2D eigenvalue weighted by molar-refractivity contribution is -0.119. The largest absolute Gasteiger partial charge is 0.350 e. The molecule has 3 heteroatoms. The fourth-order valence-corrected chi connectivity index (χ4v) is 1.94. The molecule has 1 unspecified atom stereocenters. The van der Waals surface area contributed by atoms with Crippen molar-refractivity contribution in [2.24, 2.45) is 0 Å². The van der Waals surface area contributed by atoms with Crippen molar-refractivity contribution in [3.05, 3.63) is 47.8 Å². The van der Waals surface area contributed by atoms with Gasteiger partial charge in [-0.2, -0.15) is 0 Å². The lowest BCUT2D eigenvalue weighted by Crippen LogP contribution is -2.22. The topological polar surface area (TPSA) is 29.1 Å². The normalized spacial score (nSPS) is 19.8. The Bertz CT molecular complexity index is 411. The summed E-state index contributed by atoms with van der Waals surface area (Å²) < 4.78 is 12.7. The summed E-state index contributed by atoms with van der Waals surface area (Å²) in [6.45, 7) is 0. The van der Waals surface area contributed by atoms with Crippen LogP contribution in [0.4, 0.5) is 4.39 Å². The Kier molecular flexibility index (Phi) is 3.91. The van der Waals surface area contributed by atoms with E-state index in [1.54, 1.807) is 12.1 Å². The second-order valence-electron chi connectivity index (χ2n) is 4.31. The van der Waals surface area contributed by atoms with Gasteiger partial charge in [0.25, 0.3) is 0 Å². The van der Waals surface area contributed by atoms with Gasteiger partial charge in [-0.3, -0.25) is 4.79 Å². The highest BCUT2D eigenvalue weighted by Crippen LogP contribution is 2.09. The van der Waals surface area contributed by atoms with Crippen LogP contribution in [0.5, 0.6) is 0 Å². The van der Waals surface area contributed by atoms with E-state index in [1.165, 1.54) is 12.1 Å². The number of carbonyl (C=O) groups is 1. The van der Waals surface area contributed by atoms with Crippen molar-refractivity contribution >= 4 is 5.91 Å². The van der Waals surface area contributed by atoms with Crippen LogP contribution in [0, 0.1) is 5.82 Å². The zero-order valence-corrected chi connectivity index (χ0v) is 9.66. The predicted octanol–water partition coefficient (Wildman–Crippen LogP) is 2.59. The van der Waals surface area contributed by atoms with E-state index in [2.05, 4.69) is 17.5 Å². The van der Waals surface area contributed by atoms with E-state index >= 15 is 0 Å². The smallest absolute Gasteiger partial charge is 0.220 e. The molecule has 1 saturated heterocycles. The Hall–Kier alpha value is -1.64. The second-order valence-corrected chi connectivity index (χ2v) is 4.31. The molecule has 17 heavy (non-hydrogen) atoms. The van der Waals surface area contributed by atoms with Crippen molar-refractivity contribution in [1.29, 1.82) is 0 Å². The molecule has 1 N–H and O–H groups in total. The van der Waals surface area contributed by atoms with Crippen LogP contribution in [0.25, 0.3) is 0 Å². The molecule has 1 aromatic carbocycles. The van der Waals surface area contributed by atoms with E-state index in [1.807, 2.05) is 0 Å². The third-order valence-corrected chi connectivity index (χ3v) is 2.91. The minimum Gasteiger partial charge on any atom is -0.350 e. The van der Waals surface area contributed by atoms with Crippen LogP contribution < -0.4 is 5.32 Å². The van der Waals surface area contributed by atoms with Gasteiger partial charge in [-0.05, 0) is 37.0 Å². The van der Waals surface area contributed by atoms with Gasteiger partial charge in [0.15, 0.2) is 0 Å². The fraction of sp³-hybridized carbons (Fsp3) is 0.357. The fourth-order valence-electron chi connectivity index (χ4n) is 1.94. The number of hydrogen-bond acceptors (Lipinski definition) is 1. The number of hydrogen-bond donors (Lipinski definition) is 1. The van der Waals surface area contributed by atoms with Gasteiger partial charge in [0.05, 0.1) is 0 Å². The zero-order chi connectivity index (χ0) is 12.1. The second kappa shape index (κ2) is 5.62. The summed E-state index contributed by atoms with van der Waals surface area (Å²) in [6, 6.07) is 6.78. The van der Waals surface area contributed by atoms with E-state index < -0.39 is 0 Å². The van der Waals surface area contributed by atoms with E-state index in [4.69, 9.17) is 0 Å². The third-order valence-electron chi connectivity index (χ3n) is 2.91. The molecular formula is C14H16FNO. The van der Waals surface area contributed by atoms with Gasteiger partial charge in [-0.25, -0.2) is 4.39 Å². The van der Waals surface area contributed by atoms with Gasteiger partial charge >= 0.3 is 0 Å². The maximum Gasteiger partial charge on any atom is 0.220 e. The molecule has 0 aliphatic carbocycles. The Morgan fingerprint density at radius 1 is 1.35 bits per heavy atom. The molecule has 2 nitrogen and oxygen atoms in total. The lowest BCUT2D eigenvalue weighted by atomic mass is 10.1. The summed E-state index contributed by atoms with van der Waals surface area (Å²) in [5, 5.41) is 2.88. The Morgan fingerprint density at radius 2 is 2.12 bits per heavy atom. The summed E-state index contributed by atoms with van der Waals surface area (Å²) in [6.07, 6.45) is 7.47. The van der Waals surface area contributed by atoms with E-state index in [0.29, 0.717) is 6.42 Å². The first-order valence-electron chi connectivity index (χ1n) is 5.94. The summed E-state index contributed by atoms with van der Waals surface area (Å²) >= 11 is 0. The quantitative estimate of drug-likeness (QED) is 0.796. The SMILES string of the molecule is O=C1CCC(/C=C/CCc2ccc(F)cc2)N1. The summed E-state index contributed by atoms with van der Waals surface area (Å²) in [4.78, 5) is 11.0. The molecule has 90 valence electrons. The number of amides is 1. The average Bonchev–Trinajstić information content (AvgIpc) is 2.73. The first-order valence-corrected chi connectivity index (χ1v) is 5.94. The van der Waals surface area contributed by atoms with E-state index in [9.17, 15) is 9.18 Å². The molecule has 0 saturated carbocycles. The number of rotatable bonds is 4. The average molecular weight is 233 g/mol. The summed E-state index contributed by atoms with van der Waals surface area (Å²) in [5.74, 6) is -0.0591. The maximum absolute atomic E-state index is 12.7. The molecule has 0 radical (unpaired) electrons. The number of aryl methyl sites for hydroxylation is 1. The van der Waals surface area contributed by atoms with Crippen molar-refractivity contribution in [3.63, 3.8) is 0 Å². The zero-order valence-electron chi connectivity index (χ0n) is 9.66. The molecule has 1 atom stereocenters. The molecule has 1 amide bonds. The monoisotopic (exact) mass is 233 g/mol. The Balaban J connectivity index is 1.74. The van der Waals surface area contributed by atoms with Crippen LogP contribution in [0.15, 0.2) is 36.4 Å². The van der Waals surface area contributed by atoms with Crippen molar-refractivity contribution < 1.29 is 9.18 Å². The number of allylic oxidation sites excluding steroid dienone is 1. The minimum absolute atomic E-state index is 0.137. The molecule has 0 aromatic heterocycles. The highest BCUT2D eigenvalue weighted by atomic mass is 19.1. The number of nitrogens with one attached hydrogen (secondary N) is 1. The first kappa shape index (κ1) is 11.8. The van der Waals surface area contributed by atoms with Crippen molar-refractivity contribution in [3.8, 4) is 0 Å². The molecule has 1 heterocycles. The molecule has 1 aromatic rings. The highest BCUT2D eigenvalue weighted by Gasteiger charge is 2.17. The first-order chi connectivity index (χ1) is 8.24. The Morgan fingerprint density at radius 3 is 2.76 bits per heavy atom. The van der Waals surface area contributed by atoms with Crippen LogP contribution in [-0.2, 0) is 11.2 Å². The summed E-state index contributed by atoms with van der Waals surface area (Å²) in [5.41, 5.74) is 1.13. The minimum atomic E-state index is -0.196. The Labute approximate surface area is 101 Å². The van der Waals surface area contributed by atoms with Crippen LogP contribution in [0.3, 0.4) is 0 Å². The van der Waals surface area contributed by atoms with E-state index in [0.717, 1.165) is 24.8 Å². The molecule has 1 aliphatic heterocycles. The standard InChI is InChI=1S/C14H16FNO/c15-12-7-5-11(6-8-12)3-1-2-4-13-9-10-14(17)16-13/h2,4-8,13H,1,3,9-10H2,(H,16,17)/b4-2+. The molecule has 1 aliphatic rings. The van der Waals surface area contributed by atoms with Gasteiger partial charge < -0.3 is 5.32 Å². The summed E-state index contributed by atoms with van der Waals surface area (Å²) in [7, 11) is 0. The van der Waals surface area contributed by atoms with Gasteiger partial charge in [-0.15, -0.1) is 0 Å². The van der Waals surface area contributed by atoms with Crippen molar-refractivity contribution in [2.45, 2.75) is 31.7 Å². The maximum atomic E-state index is 12.7. The molecule has 1 fully saturated rings.